The Morgan fingerprint density at radius 2 is 1.91 bits per heavy atom. The van der Waals surface area contributed by atoms with E-state index in [9.17, 15) is 4.79 Å². The van der Waals surface area contributed by atoms with Crippen molar-refractivity contribution in [2.75, 3.05) is 14.2 Å². The van der Waals surface area contributed by atoms with Crippen LogP contribution in [0.3, 0.4) is 0 Å². The molecule has 35 heavy (non-hydrogen) atoms. The minimum Gasteiger partial charge on any atom is -0.497 e. The van der Waals surface area contributed by atoms with Crippen molar-refractivity contribution in [2.45, 2.75) is 45.1 Å². The molecule has 180 valence electrons. The molecule has 0 spiro atoms. The summed E-state index contributed by atoms with van der Waals surface area (Å²) in [4.78, 5) is 17.7. The van der Waals surface area contributed by atoms with E-state index in [4.69, 9.17) is 13.9 Å². The first-order chi connectivity index (χ1) is 16.9. The molecule has 8 heteroatoms. The molecular formula is C27H28N4O4. The lowest BCUT2D eigenvalue weighted by atomic mass is 9.76. The Morgan fingerprint density at radius 1 is 1.11 bits per heavy atom. The molecule has 4 aromatic rings. The highest BCUT2D eigenvalue weighted by molar-refractivity contribution is 5.91. The minimum atomic E-state index is -0.704. The van der Waals surface area contributed by atoms with E-state index in [-0.39, 0.29) is 5.78 Å². The van der Waals surface area contributed by atoms with Crippen molar-refractivity contribution >= 4 is 5.78 Å². The van der Waals surface area contributed by atoms with Crippen LogP contribution in [0.1, 0.15) is 37.0 Å². The number of Topliss-reactive ketones (excluding diaryl/α,β-unsaturated/α-hetero) is 1. The minimum absolute atomic E-state index is 0.135. The summed E-state index contributed by atoms with van der Waals surface area (Å²) < 4.78 is 18.6. The maximum absolute atomic E-state index is 13.5. The zero-order valence-corrected chi connectivity index (χ0v) is 20.4. The molecule has 1 aliphatic heterocycles. The molecule has 5 rings (SSSR count). The first-order valence-corrected chi connectivity index (χ1v) is 11.6. The molecule has 1 unspecified atom stereocenters. The molecular weight excluding hydrogens is 444 g/mol. The van der Waals surface area contributed by atoms with Gasteiger partial charge in [0.25, 0.3) is 0 Å². The molecule has 0 aliphatic carbocycles. The van der Waals surface area contributed by atoms with E-state index >= 15 is 0 Å². The van der Waals surface area contributed by atoms with Crippen LogP contribution in [0.25, 0.3) is 22.7 Å². The Labute approximate surface area is 203 Å². The summed E-state index contributed by atoms with van der Waals surface area (Å²) >= 11 is 0. The molecule has 0 saturated carbocycles. The van der Waals surface area contributed by atoms with Crippen LogP contribution in [0.2, 0.25) is 0 Å². The van der Waals surface area contributed by atoms with Crippen molar-refractivity contribution in [3.8, 4) is 34.2 Å². The van der Waals surface area contributed by atoms with E-state index in [0.717, 1.165) is 47.7 Å². The normalized spacial score (nSPS) is 17.1. The van der Waals surface area contributed by atoms with E-state index < -0.39 is 5.41 Å². The molecule has 0 amide bonds. The Balaban J connectivity index is 1.46. The lowest BCUT2D eigenvalue weighted by Crippen LogP contribution is -2.40. The number of benzene rings is 2. The van der Waals surface area contributed by atoms with Crippen LogP contribution >= 0.6 is 0 Å². The summed E-state index contributed by atoms with van der Waals surface area (Å²) in [5.41, 5.74) is 1.93. The van der Waals surface area contributed by atoms with Crippen molar-refractivity contribution < 1.29 is 18.7 Å². The van der Waals surface area contributed by atoms with Gasteiger partial charge >= 0.3 is 0 Å². The maximum atomic E-state index is 13.5. The zero-order chi connectivity index (χ0) is 24.6. The average molecular weight is 473 g/mol. The quantitative estimate of drug-likeness (QED) is 0.382. The van der Waals surface area contributed by atoms with Gasteiger partial charge in [-0.1, -0.05) is 18.2 Å². The molecule has 0 bridgehead atoms. The third-order valence-electron chi connectivity index (χ3n) is 6.79. The van der Waals surface area contributed by atoms with Crippen LogP contribution < -0.4 is 9.47 Å². The SMILES string of the molecule is COc1ccc(CC(=O)C2(C)CCCn3c(-c4ccc(-c5cnc(C)o5)c(OC)c4)nnc32)cc1. The first-order valence-electron chi connectivity index (χ1n) is 11.6. The van der Waals surface area contributed by atoms with Gasteiger partial charge in [-0.3, -0.25) is 4.79 Å². The molecule has 3 heterocycles. The Hall–Kier alpha value is -3.94. The number of ketones is 1. The van der Waals surface area contributed by atoms with E-state index in [0.29, 0.717) is 29.6 Å². The number of carbonyl (C=O) groups excluding carboxylic acids is 1. The summed E-state index contributed by atoms with van der Waals surface area (Å²) in [6.07, 6.45) is 3.64. The van der Waals surface area contributed by atoms with Crippen molar-refractivity contribution in [1.29, 1.82) is 0 Å². The number of rotatable bonds is 7. The predicted molar refractivity (Wildman–Crippen MR) is 131 cm³/mol. The van der Waals surface area contributed by atoms with Gasteiger partial charge in [-0.05, 0) is 49.6 Å². The van der Waals surface area contributed by atoms with Gasteiger partial charge in [-0.15, -0.1) is 10.2 Å². The van der Waals surface area contributed by atoms with E-state index in [1.807, 2.05) is 49.4 Å². The number of aromatic nitrogens is 4. The standard InChI is InChI=1S/C27H28N4O4/c1-17-28-16-23(35-17)21-11-8-19(15-22(21)34-4)25-29-30-26-27(2,12-5-13-31(25)26)24(32)14-18-6-9-20(33-3)10-7-18/h6-11,15-16H,5,12-14H2,1-4H3. The highest BCUT2D eigenvalue weighted by atomic mass is 16.5. The lowest BCUT2D eigenvalue weighted by molar-refractivity contribution is -0.124. The molecule has 0 saturated heterocycles. The fraction of sp³-hybridized carbons (Fsp3) is 0.333. The van der Waals surface area contributed by atoms with Gasteiger partial charge in [0.15, 0.2) is 23.3 Å². The molecule has 0 fully saturated rings. The predicted octanol–water partition coefficient (Wildman–Crippen LogP) is 4.79. The average Bonchev–Trinajstić information content (AvgIpc) is 3.51. The Bertz CT molecular complexity index is 1370. The number of nitrogens with zero attached hydrogens (tertiary/aromatic N) is 4. The molecule has 0 radical (unpaired) electrons. The fourth-order valence-corrected chi connectivity index (χ4v) is 4.75. The summed E-state index contributed by atoms with van der Waals surface area (Å²) in [5.74, 6) is 4.24. The van der Waals surface area contributed by atoms with Crippen molar-refractivity contribution in [2.24, 2.45) is 0 Å². The van der Waals surface area contributed by atoms with Crippen LogP contribution in [0.5, 0.6) is 11.5 Å². The summed E-state index contributed by atoms with van der Waals surface area (Å²) in [6.45, 7) is 4.55. The van der Waals surface area contributed by atoms with Gasteiger partial charge in [0, 0.05) is 25.5 Å². The second-order valence-electron chi connectivity index (χ2n) is 9.04. The van der Waals surface area contributed by atoms with E-state index in [2.05, 4.69) is 19.7 Å². The van der Waals surface area contributed by atoms with E-state index in [1.165, 1.54) is 0 Å². The number of ether oxygens (including phenoxy) is 2. The van der Waals surface area contributed by atoms with Crippen molar-refractivity contribution in [1.82, 2.24) is 19.7 Å². The van der Waals surface area contributed by atoms with Gasteiger partial charge in [0.1, 0.15) is 17.3 Å². The lowest BCUT2D eigenvalue weighted by Gasteiger charge is -2.32. The summed E-state index contributed by atoms with van der Waals surface area (Å²) in [6, 6.07) is 13.5. The monoisotopic (exact) mass is 472 g/mol. The van der Waals surface area contributed by atoms with Crippen molar-refractivity contribution in [3.63, 3.8) is 0 Å². The highest BCUT2D eigenvalue weighted by Crippen LogP contribution is 2.39. The van der Waals surface area contributed by atoms with Crippen LogP contribution in [0, 0.1) is 6.92 Å². The number of aryl methyl sites for hydroxylation is 1. The summed E-state index contributed by atoms with van der Waals surface area (Å²) in [7, 11) is 3.26. The Kier molecular flexibility index (Phi) is 5.88. The number of fused-ring (bicyclic) bond motifs is 1. The van der Waals surface area contributed by atoms with Crippen molar-refractivity contribution in [3.05, 3.63) is 65.9 Å². The topological polar surface area (TPSA) is 92.3 Å². The third kappa shape index (κ3) is 4.09. The number of hydrogen-bond donors (Lipinski definition) is 0. The summed E-state index contributed by atoms with van der Waals surface area (Å²) in [5, 5.41) is 9.03. The third-order valence-corrected chi connectivity index (χ3v) is 6.79. The number of hydrogen-bond acceptors (Lipinski definition) is 7. The van der Waals surface area contributed by atoms with Gasteiger partial charge in [0.2, 0.25) is 0 Å². The molecule has 2 aromatic heterocycles. The van der Waals surface area contributed by atoms with Gasteiger partial charge < -0.3 is 18.5 Å². The van der Waals surface area contributed by atoms with Gasteiger partial charge in [-0.2, -0.15) is 0 Å². The molecule has 1 aliphatic rings. The van der Waals surface area contributed by atoms with Crippen LogP contribution in [0.4, 0.5) is 0 Å². The molecule has 0 N–H and O–H groups in total. The second kappa shape index (κ2) is 9.02. The van der Waals surface area contributed by atoms with Crippen LogP contribution in [0.15, 0.2) is 53.1 Å². The molecule has 8 nitrogen and oxygen atoms in total. The number of methoxy groups -OCH3 is 2. The molecule has 1 atom stereocenters. The van der Waals surface area contributed by atoms with Crippen LogP contribution in [-0.4, -0.2) is 39.8 Å². The fourth-order valence-electron chi connectivity index (χ4n) is 4.75. The number of carbonyl (C=O) groups is 1. The largest absolute Gasteiger partial charge is 0.497 e. The molecule has 2 aromatic carbocycles. The second-order valence-corrected chi connectivity index (χ2v) is 9.04. The Morgan fingerprint density at radius 3 is 2.60 bits per heavy atom. The first kappa shape index (κ1) is 22.8. The zero-order valence-electron chi connectivity index (χ0n) is 20.4. The van der Waals surface area contributed by atoms with Gasteiger partial charge in [-0.25, -0.2) is 4.98 Å². The number of oxazole rings is 1. The van der Waals surface area contributed by atoms with Gasteiger partial charge in [0.05, 0.1) is 31.4 Å². The highest BCUT2D eigenvalue weighted by Gasteiger charge is 2.42. The van der Waals surface area contributed by atoms with Crippen LogP contribution in [-0.2, 0) is 23.2 Å². The smallest absolute Gasteiger partial charge is 0.191 e. The van der Waals surface area contributed by atoms with E-state index in [1.54, 1.807) is 27.3 Å². The maximum Gasteiger partial charge on any atom is 0.191 e.